The molecule has 0 unspecified atom stereocenters. The van der Waals surface area contributed by atoms with Crippen LogP contribution in [-0.2, 0) is 17.3 Å². The van der Waals surface area contributed by atoms with Gasteiger partial charge in [-0.3, -0.25) is 4.21 Å². The molecule has 0 aliphatic heterocycles. The topological polar surface area (TPSA) is 58.2 Å². The highest BCUT2D eigenvalue weighted by molar-refractivity contribution is 7.99. The molecule has 0 aliphatic rings. The normalized spacial score (nSPS) is 11.7. The van der Waals surface area contributed by atoms with Crippen LogP contribution in [0.2, 0.25) is 0 Å². The van der Waals surface area contributed by atoms with Crippen molar-refractivity contribution in [1.82, 2.24) is 10.6 Å². The molecule has 0 aliphatic carbocycles. The molecule has 2 rings (SSSR count). The quantitative estimate of drug-likeness (QED) is 0.809. The summed E-state index contributed by atoms with van der Waals surface area (Å²) in [5.41, 5.74) is 1.07. The molecule has 6 heteroatoms. The lowest BCUT2D eigenvalue weighted by molar-refractivity contribution is 0.241. The average molecular weight is 348 g/mol. The Balaban J connectivity index is 1.90. The molecule has 0 heterocycles. The Kier molecular flexibility index (Phi) is 7.16. The van der Waals surface area contributed by atoms with Gasteiger partial charge in [-0.2, -0.15) is 0 Å². The maximum Gasteiger partial charge on any atom is 0.315 e. The largest absolute Gasteiger partial charge is 0.337 e. The van der Waals surface area contributed by atoms with Crippen LogP contribution in [0.15, 0.2) is 64.4 Å². The van der Waals surface area contributed by atoms with E-state index < -0.39 is 10.8 Å². The summed E-state index contributed by atoms with van der Waals surface area (Å²) in [7, 11) is -0.894. The molecule has 0 radical (unpaired) electrons. The van der Waals surface area contributed by atoms with Gasteiger partial charge in [-0.15, -0.1) is 0 Å². The van der Waals surface area contributed by atoms with Crippen molar-refractivity contribution in [2.45, 2.75) is 16.3 Å². The van der Waals surface area contributed by atoms with Gasteiger partial charge in [-0.1, -0.05) is 48.2 Å². The molecule has 0 fully saturated rings. The number of carbonyl (C=O) groups is 1. The van der Waals surface area contributed by atoms with E-state index in [0.29, 0.717) is 18.8 Å². The maximum atomic E-state index is 11.7. The van der Waals surface area contributed by atoms with Crippen LogP contribution in [0.1, 0.15) is 5.56 Å². The zero-order valence-electron chi connectivity index (χ0n) is 13.0. The van der Waals surface area contributed by atoms with Crippen LogP contribution in [0.25, 0.3) is 0 Å². The molecule has 122 valence electrons. The maximum absolute atomic E-state index is 11.7. The van der Waals surface area contributed by atoms with Crippen molar-refractivity contribution >= 4 is 28.6 Å². The SMILES string of the molecule is C[S@](=O)CCNC(=O)NCc1ccccc1Sc1ccccc1. The molecule has 2 aromatic carbocycles. The van der Waals surface area contributed by atoms with E-state index in [9.17, 15) is 9.00 Å². The molecule has 0 saturated heterocycles. The molecular weight excluding hydrogens is 328 g/mol. The fourth-order valence-electron chi connectivity index (χ4n) is 1.91. The molecule has 0 bridgehead atoms. The minimum absolute atomic E-state index is 0.241. The first-order chi connectivity index (χ1) is 11.1. The Labute approximate surface area is 143 Å². The first-order valence-electron chi connectivity index (χ1n) is 7.27. The van der Waals surface area contributed by atoms with Crippen molar-refractivity contribution in [3.8, 4) is 0 Å². The number of carbonyl (C=O) groups excluding carboxylic acids is 1. The molecule has 2 amide bonds. The number of amides is 2. The van der Waals surface area contributed by atoms with Crippen LogP contribution < -0.4 is 10.6 Å². The zero-order chi connectivity index (χ0) is 16.5. The molecule has 4 nitrogen and oxygen atoms in total. The van der Waals surface area contributed by atoms with Crippen molar-refractivity contribution in [2.75, 3.05) is 18.6 Å². The summed E-state index contributed by atoms with van der Waals surface area (Å²) in [4.78, 5) is 14.0. The van der Waals surface area contributed by atoms with Crippen LogP contribution in [0.5, 0.6) is 0 Å². The van der Waals surface area contributed by atoms with Crippen molar-refractivity contribution in [3.05, 3.63) is 60.2 Å². The Morgan fingerprint density at radius 2 is 1.74 bits per heavy atom. The summed E-state index contributed by atoms with van der Waals surface area (Å²) in [6, 6.07) is 17.9. The van der Waals surface area contributed by atoms with E-state index in [4.69, 9.17) is 0 Å². The highest BCUT2D eigenvalue weighted by Crippen LogP contribution is 2.30. The van der Waals surface area contributed by atoms with E-state index in [1.165, 1.54) is 0 Å². The Morgan fingerprint density at radius 3 is 2.48 bits per heavy atom. The van der Waals surface area contributed by atoms with Gasteiger partial charge >= 0.3 is 6.03 Å². The fraction of sp³-hybridized carbons (Fsp3) is 0.235. The smallest absolute Gasteiger partial charge is 0.315 e. The van der Waals surface area contributed by atoms with Gasteiger partial charge < -0.3 is 10.6 Å². The van der Waals surface area contributed by atoms with Gasteiger partial charge in [0.25, 0.3) is 0 Å². The minimum Gasteiger partial charge on any atom is -0.337 e. The predicted molar refractivity (Wildman–Crippen MR) is 96.2 cm³/mol. The molecule has 0 saturated carbocycles. The molecule has 1 atom stereocenters. The monoisotopic (exact) mass is 348 g/mol. The molecule has 0 aromatic heterocycles. The molecule has 0 spiro atoms. The van der Waals surface area contributed by atoms with Crippen LogP contribution in [0, 0.1) is 0 Å². The van der Waals surface area contributed by atoms with E-state index in [0.717, 1.165) is 15.4 Å². The third-order valence-corrected chi connectivity index (χ3v) is 4.96. The number of urea groups is 1. The van der Waals surface area contributed by atoms with Crippen LogP contribution in [-0.4, -0.2) is 28.8 Å². The van der Waals surface area contributed by atoms with Gasteiger partial charge in [-0.05, 0) is 23.8 Å². The van der Waals surface area contributed by atoms with E-state index in [2.05, 4.69) is 22.8 Å². The fourth-order valence-corrected chi connectivity index (χ4v) is 3.27. The standard InChI is InChI=1S/C17H20N2O2S2/c1-23(21)12-11-18-17(20)19-13-14-7-5-6-10-16(14)22-15-8-3-2-4-9-15/h2-10H,11-13H2,1H3,(H2,18,19,20)/t23-/m0/s1. The average Bonchev–Trinajstić information content (AvgIpc) is 2.55. The summed E-state index contributed by atoms with van der Waals surface area (Å²) in [5.74, 6) is 0.466. The number of rotatable bonds is 7. The van der Waals surface area contributed by atoms with E-state index in [1.54, 1.807) is 18.0 Å². The summed E-state index contributed by atoms with van der Waals surface area (Å²) >= 11 is 1.68. The summed E-state index contributed by atoms with van der Waals surface area (Å²) in [6.07, 6.45) is 1.62. The summed E-state index contributed by atoms with van der Waals surface area (Å²) in [5, 5.41) is 5.54. The molecule has 2 aromatic rings. The first-order valence-corrected chi connectivity index (χ1v) is 9.82. The lowest BCUT2D eigenvalue weighted by Gasteiger charge is -2.11. The van der Waals surface area contributed by atoms with Gasteiger partial charge in [-0.25, -0.2) is 4.79 Å². The van der Waals surface area contributed by atoms with Crippen LogP contribution in [0.4, 0.5) is 4.79 Å². The predicted octanol–water partition coefficient (Wildman–Crippen LogP) is 3.02. The molecule has 23 heavy (non-hydrogen) atoms. The number of hydrogen-bond donors (Lipinski definition) is 2. The second kappa shape index (κ2) is 9.37. The van der Waals surface area contributed by atoms with Gasteiger partial charge in [0.1, 0.15) is 0 Å². The number of benzene rings is 2. The van der Waals surface area contributed by atoms with Crippen molar-refractivity contribution < 1.29 is 9.00 Å². The molecular formula is C17H20N2O2S2. The highest BCUT2D eigenvalue weighted by atomic mass is 32.2. The van der Waals surface area contributed by atoms with Crippen LogP contribution >= 0.6 is 11.8 Å². The third-order valence-electron chi connectivity index (χ3n) is 3.06. The Hall–Kier alpha value is -1.79. The second-order valence-electron chi connectivity index (χ2n) is 4.91. The van der Waals surface area contributed by atoms with E-state index in [-0.39, 0.29) is 6.03 Å². The highest BCUT2D eigenvalue weighted by Gasteiger charge is 2.06. The number of hydrogen-bond acceptors (Lipinski definition) is 3. The van der Waals surface area contributed by atoms with Crippen LogP contribution in [0.3, 0.4) is 0 Å². The third kappa shape index (κ3) is 6.46. The van der Waals surface area contributed by atoms with Gasteiger partial charge in [0.05, 0.1) is 0 Å². The zero-order valence-corrected chi connectivity index (χ0v) is 14.6. The summed E-state index contributed by atoms with van der Waals surface area (Å²) < 4.78 is 11.0. The lowest BCUT2D eigenvalue weighted by atomic mass is 10.2. The van der Waals surface area contributed by atoms with E-state index in [1.807, 2.05) is 42.5 Å². The Bertz CT molecular complexity index is 663. The van der Waals surface area contributed by atoms with Gasteiger partial charge in [0.2, 0.25) is 0 Å². The van der Waals surface area contributed by atoms with Gasteiger partial charge in [0.15, 0.2) is 0 Å². The number of nitrogens with one attached hydrogen (secondary N) is 2. The lowest BCUT2D eigenvalue weighted by Crippen LogP contribution is -2.37. The van der Waals surface area contributed by atoms with Crippen molar-refractivity contribution in [1.29, 1.82) is 0 Å². The second-order valence-corrected chi connectivity index (χ2v) is 7.58. The minimum atomic E-state index is -0.894. The van der Waals surface area contributed by atoms with Gasteiger partial charge in [0, 0.05) is 45.7 Å². The first kappa shape index (κ1) is 17.6. The summed E-state index contributed by atoms with van der Waals surface area (Å²) in [6.45, 7) is 0.867. The Morgan fingerprint density at radius 1 is 1.04 bits per heavy atom. The van der Waals surface area contributed by atoms with E-state index >= 15 is 0 Å². The van der Waals surface area contributed by atoms with Crippen molar-refractivity contribution in [2.24, 2.45) is 0 Å². The molecule has 2 N–H and O–H groups in total. The van der Waals surface area contributed by atoms with Crippen molar-refractivity contribution in [3.63, 3.8) is 0 Å².